The van der Waals surface area contributed by atoms with Crippen LogP contribution in [0.15, 0.2) is 46.0 Å². The van der Waals surface area contributed by atoms with Gasteiger partial charge < -0.3 is 0 Å². The van der Waals surface area contributed by atoms with Crippen LogP contribution in [0.1, 0.15) is 18.9 Å². The Balaban J connectivity index is 1.76. The lowest BCUT2D eigenvalue weighted by molar-refractivity contribution is 0.258. The number of piperidine rings is 1. The second-order valence-corrected chi connectivity index (χ2v) is 7.71. The highest BCUT2D eigenvalue weighted by Gasteiger charge is 2.31. The molecule has 0 N–H and O–H groups in total. The first-order valence-electron chi connectivity index (χ1n) is 6.69. The maximum absolute atomic E-state index is 12.7. The van der Waals surface area contributed by atoms with Gasteiger partial charge in [-0.15, -0.1) is 5.10 Å². The van der Waals surface area contributed by atoms with Crippen molar-refractivity contribution in [3.8, 4) is 0 Å². The van der Waals surface area contributed by atoms with Crippen LogP contribution in [-0.4, -0.2) is 40.8 Å². The molecule has 0 saturated carbocycles. The molecule has 1 aromatic carbocycles. The van der Waals surface area contributed by atoms with Crippen LogP contribution in [0, 0.1) is 0 Å². The number of aromatic nitrogens is 3. The van der Waals surface area contributed by atoms with Crippen molar-refractivity contribution in [2.75, 3.05) is 13.1 Å². The predicted molar refractivity (Wildman–Crippen MR) is 81.2 cm³/mol. The largest absolute Gasteiger partial charge is 0.249 e. The summed E-state index contributed by atoms with van der Waals surface area (Å²) in [5, 5.41) is 7.79. The van der Waals surface area contributed by atoms with Gasteiger partial charge in [-0.2, -0.15) is 4.31 Å². The van der Waals surface area contributed by atoms with E-state index in [0.29, 0.717) is 22.5 Å². The summed E-state index contributed by atoms with van der Waals surface area (Å²) in [4.78, 5) is 0.323. The van der Waals surface area contributed by atoms with Crippen molar-refractivity contribution >= 4 is 26.0 Å². The highest BCUT2D eigenvalue weighted by molar-refractivity contribution is 9.10. The van der Waals surface area contributed by atoms with Gasteiger partial charge in [0, 0.05) is 23.8 Å². The first-order valence-corrected chi connectivity index (χ1v) is 8.93. The average molecular weight is 371 g/mol. The van der Waals surface area contributed by atoms with E-state index in [9.17, 15) is 8.42 Å². The lowest BCUT2D eigenvalue weighted by Gasteiger charge is -2.31. The molecule has 1 aliphatic heterocycles. The minimum atomic E-state index is -3.44. The van der Waals surface area contributed by atoms with E-state index in [0.717, 1.165) is 12.8 Å². The molecule has 1 saturated heterocycles. The topological polar surface area (TPSA) is 68.1 Å². The molecule has 1 fully saturated rings. The second kappa shape index (κ2) is 5.86. The SMILES string of the molecule is O=S(=O)(c1ccccc1Br)N1CCC(n2ccnn2)CC1. The zero-order valence-corrected chi connectivity index (χ0v) is 13.7. The summed E-state index contributed by atoms with van der Waals surface area (Å²) in [6.45, 7) is 0.988. The van der Waals surface area contributed by atoms with Crippen LogP contribution in [0.4, 0.5) is 0 Å². The molecule has 21 heavy (non-hydrogen) atoms. The maximum Gasteiger partial charge on any atom is 0.244 e. The van der Waals surface area contributed by atoms with Crippen LogP contribution >= 0.6 is 15.9 Å². The summed E-state index contributed by atoms with van der Waals surface area (Å²) < 4.78 is 29.3. The van der Waals surface area contributed by atoms with Gasteiger partial charge in [-0.3, -0.25) is 0 Å². The zero-order chi connectivity index (χ0) is 14.9. The summed E-state index contributed by atoms with van der Waals surface area (Å²) in [6.07, 6.45) is 4.95. The molecule has 0 spiro atoms. The van der Waals surface area contributed by atoms with E-state index in [1.807, 2.05) is 10.9 Å². The highest BCUT2D eigenvalue weighted by atomic mass is 79.9. The van der Waals surface area contributed by atoms with Crippen molar-refractivity contribution in [2.45, 2.75) is 23.8 Å². The van der Waals surface area contributed by atoms with Gasteiger partial charge in [-0.1, -0.05) is 17.3 Å². The Morgan fingerprint density at radius 2 is 1.90 bits per heavy atom. The van der Waals surface area contributed by atoms with Crippen molar-refractivity contribution in [3.05, 3.63) is 41.1 Å². The molecule has 3 rings (SSSR count). The van der Waals surface area contributed by atoms with Gasteiger partial charge in [-0.05, 0) is 40.9 Å². The Hall–Kier alpha value is -1.25. The third-order valence-corrected chi connectivity index (χ3v) is 6.60. The molecule has 0 aliphatic carbocycles. The minimum absolute atomic E-state index is 0.221. The number of rotatable bonds is 3. The van der Waals surface area contributed by atoms with Gasteiger partial charge in [0.15, 0.2) is 0 Å². The fraction of sp³-hybridized carbons (Fsp3) is 0.385. The van der Waals surface area contributed by atoms with E-state index in [2.05, 4.69) is 26.2 Å². The van der Waals surface area contributed by atoms with E-state index in [4.69, 9.17) is 0 Å². The number of hydrogen-bond donors (Lipinski definition) is 0. The zero-order valence-electron chi connectivity index (χ0n) is 11.3. The number of hydrogen-bond acceptors (Lipinski definition) is 4. The lowest BCUT2D eigenvalue weighted by atomic mass is 10.1. The summed E-state index contributed by atoms with van der Waals surface area (Å²) in [6, 6.07) is 7.14. The molecule has 0 atom stereocenters. The third-order valence-electron chi connectivity index (χ3n) is 3.69. The second-order valence-electron chi connectivity index (χ2n) is 4.95. The molecule has 8 heteroatoms. The van der Waals surface area contributed by atoms with E-state index >= 15 is 0 Å². The summed E-state index contributed by atoms with van der Waals surface area (Å²) in [7, 11) is -3.44. The molecule has 0 amide bonds. The van der Waals surface area contributed by atoms with Crippen molar-refractivity contribution in [1.29, 1.82) is 0 Å². The molecule has 2 heterocycles. The Morgan fingerprint density at radius 3 is 2.52 bits per heavy atom. The molecule has 2 aromatic rings. The van der Waals surface area contributed by atoms with Crippen LogP contribution in [0.3, 0.4) is 0 Å². The lowest BCUT2D eigenvalue weighted by Crippen LogP contribution is -2.39. The first-order chi connectivity index (χ1) is 10.1. The standard InChI is InChI=1S/C13H15BrN4O2S/c14-12-3-1-2-4-13(12)21(19,20)17-8-5-11(6-9-17)18-10-7-15-16-18/h1-4,7,10-11H,5-6,8-9H2. The van der Waals surface area contributed by atoms with Crippen LogP contribution < -0.4 is 0 Å². The van der Waals surface area contributed by atoms with Crippen LogP contribution in [-0.2, 0) is 10.0 Å². The van der Waals surface area contributed by atoms with Gasteiger partial charge in [0.2, 0.25) is 10.0 Å². The quantitative estimate of drug-likeness (QED) is 0.829. The van der Waals surface area contributed by atoms with Crippen molar-refractivity contribution in [2.24, 2.45) is 0 Å². The fourth-order valence-electron chi connectivity index (χ4n) is 2.55. The number of nitrogens with zero attached hydrogens (tertiary/aromatic N) is 4. The van der Waals surface area contributed by atoms with E-state index in [-0.39, 0.29) is 6.04 Å². The molecule has 0 unspecified atom stereocenters. The normalized spacial score (nSPS) is 18.0. The third kappa shape index (κ3) is 2.88. The van der Waals surface area contributed by atoms with Crippen LogP contribution in [0.2, 0.25) is 0 Å². The van der Waals surface area contributed by atoms with E-state index in [1.54, 1.807) is 34.8 Å². The van der Waals surface area contributed by atoms with E-state index in [1.165, 1.54) is 0 Å². The van der Waals surface area contributed by atoms with Crippen molar-refractivity contribution in [3.63, 3.8) is 0 Å². The molecular weight excluding hydrogens is 356 g/mol. The maximum atomic E-state index is 12.7. The smallest absolute Gasteiger partial charge is 0.244 e. The summed E-state index contributed by atoms with van der Waals surface area (Å²) >= 11 is 3.31. The Kier molecular flexibility index (Phi) is 4.10. The van der Waals surface area contributed by atoms with Crippen LogP contribution in [0.25, 0.3) is 0 Å². The predicted octanol–water partition coefficient (Wildman–Crippen LogP) is 2.07. The monoisotopic (exact) mass is 370 g/mol. The van der Waals surface area contributed by atoms with Gasteiger partial charge in [0.05, 0.1) is 17.1 Å². The molecular formula is C13H15BrN4O2S. The van der Waals surface area contributed by atoms with Gasteiger partial charge in [0.1, 0.15) is 0 Å². The molecule has 1 aliphatic rings. The number of halogens is 1. The number of benzene rings is 1. The Bertz CT molecular complexity index is 710. The van der Waals surface area contributed by atoms with E-state index < -0.39 is 10.0 Å². The molecule has 0 bridgehead atoms. The van der Waals surface area contributed by atoms with Gasteiger partial charge >= 0.3 is 0 Å². The minimum Gasteiger partial charge on any atom is -0.249 e. The molecule has 0 radical (unpaired) electrons. The molecule has 112 valence electrons. The van der Waals surface area contributed by atoms with Gasteiger partial charge in [0.25, 0.3) is 0 Å². The first kappa shape index (κ1) is 14.7. The van der Waals surface area contributed by atoms with Gasteiger partial charge in [-0.25, -0.2) is 13.1 Å². The highest BCUT2D eigenvalue weighted by Crippen LogP contribution is 2.29. The fourth-order valence-corrected chi connectivity index (χ4v) is 4.99. The summed E-state index contributed by atoms with van der Waals surface area (Å²) in [5.74, 6) is 0. The summed E-state index contributed by atoms with van der Waals surface area (Å²) in [5.41, 5.74) is 0. The number of sulfonamides is 1. The van der Waals surface area contributed by atoms with Crippen molar-refractivity contribution < 1.29 is 8.42 Å². The Labute approximate surface area is 131 Å². The Morgan fingerprint density at radius 1 is 1.19 bits per heavy atom. The average Bonchev–Trinajstić information content (AvgIpc) is 3.02. The van der Waals surface area contributed by atoms with Crippen molar-refractivity contribution in [1.82, 2.24) is 19.3 Å². The molecule has 6 nitrogen and oxygen atoms in total. The molecule has 1 aromatic heterocycles. The van der Waals surface area contributed by atoms with Crippen LogP contribution in [0.5, 0.6) is 0 Å².